The zero-order valence-electron chi connectivity index (χ0n) is 14.3. The molecule has 0 aromatic carbocycles. The van der Waals surface area contributed by atoms with E-state index >= 15 is 0 Å². The van der Waals surface area contributed by atoms with E-state index in [2.05, 4.69) is 51.5 Å². The van der Waals surface area contributed by atoms with E-state index in [0.717, 1.165) is 44.0 Å². The molecule has 0 saturated carbocycles. The van der Waals surface area contributed by atoms with Crippen LogP contribution in [0.2, 0.25) is 0 Å². The average Bonchev–Trinajstić information content (AvgIpc) is 2.50. The number of hydrogen-bond acceptors (Lipinski definition) is 5. The highest BCUT2D eigenvalue weighted by molar-refractivity contribution is 9.10. The maximum absolute atomic E-state index is 12.5. The van der Waals surface area contributed by atoms with E-state index in [1.54, 1.807) is 0 Å². The molecule has 0 amide bonds. The van der Waals surface area contributed by atoms with Crippen molar-refractivity contribution in [1.29, 1.82) is 0 Å². The van der Waals surface area contributed by atoms with Crippen LogP contribution >= 0.6 is 15.9 Å². The highest BCUT2D eigenvalue weighted by Gasteiger charge is 2.25. The summed E-state index contributed by atoms with van der Waals surface area (Å²) in [7, 11) is 0. The van der Waals surface area contributed by atoms with E-state index < -0.39 is 0 Å². The van der Waals surface area contributed by atoms with E-state index in [-0.39, 0.29) is 11.8 Å². The van der Waals surface area contributed by atoms with Crippen molar-refractivity contribution in [3.8, 4) is 0 Å². The first-order valence-electron chi connectivity index (χ1n) is 8.39. The van der Waals surface area contributed by atoms with Gasteiger partial charge in [0.15, 0.2) is 5.78 Å². The Morgan fingerprint density at radius 1 is 1.43 bits per heavy atom. The summed E-state index contributed by atoms with van der Waals surface area (Å²) >= 11 is 3.41. The molecule has 1 fully saturated rings. The van der Waals surface area contributed by atoms with Gasteiger partial charge in [0.05, 0.1) is 0 Å². The lowest BCUT2D eigenvalue weighted by Crippen LogP contribution is -2.56. The molecule has 1 aromatic rings. The lowest BCUT2D eigenvalue weighted by molar-refractivity contribution is 0.0964. The summed E-state index contributed by atoms with van der Waals surface area (Å²) in [6.45, 7) is 10.2. The Morgan fingerprint density at radius 2 is 2.09 bits per heavy atom. The van der Waals surface area contributed by atoms with Gasteiger partial charge in [0, 0.05) is 37.2 Å². The Bertz CT molecular complexity index is 541. The molecule has 1 aliphatic heterocycles. The molecule has 128 valence electrons. The van der Waals surface area contributed by atoms with Gasteiger partial charge in [-0.25, -0.2) is 4.98 Å². The molecule has 2 rings (SSSR count). The van der Waals surface area contributed by atoms with Gasteiger partial charge >= 0.3 is 0 Å². The van der Waals surface area contributed by atoms with E-state index in [4.69, 9.17) is 5.73 Å². The zero-order valence-corrected chi connectivity index (χ0v) is 15.8. The van der Waals surface area contributed by atoms with Gasteiger partial charge in [-0.3, -0.25) is 4.79 Å². The normalized spacial score (nSPS) is 16.5. The summed E-state index contributed by atoms with van der Waals surface area (Å²) in [6, 6.07) is 4.34. The molecule has 0 bridgehead atoms. The fourth-order valence-electron chi connectivity index (χ4n) is 3.02. The number of anilines is 1. The number of Topliss-reactive ketones (excluding diaryl/α,β-unsaturated/α-hetero) is 1. The first-order valence-corrected chi connectivity index (χ1v) is 9.19. The minimum absolute atomic E-state index is 0.179. The summed E-state index contributed by atoms with van der Waals surface area (Å²) in [4.78, 5) is 21.5. The van der Waals surface area contributed by atoms with Gasteiger partial charge < -0.3 is 15.5 Å². The second-order valence-corrected chi connectivity index (χ2v) is 7.05. The maximum atomic E-state index is 12.5. The van der Waals surface area contributed by atoms with E-state index in [9.17, 15) is 4.79 Å². The highest BCUT2D eigenvalue weighted by atomic mass is 79.9. The third-order valence-corrected chi connectivity index (χ3v) is 4.97. The van der Waals surface area contributed by atoms with Gasteiger partial charge in [0.1, 0.15) is 10.4 Å². The molecular formula is C17H27BrN4O. The van der Waals surface area contributed by atoms with Gasteiger partial charge in [-0.05, 0) is 54.5 Å². The van der Waals surface area contributed by atoms with Crippen LogP contribution in [0, 0.1) is 0 Å². The van der Waals surface area contributed by atoms with Crippen molar-refractivity contribution in [1.82, 2.24) is 9.88 Å². The van der Waals surface area contributed by atoms with Crippen molar-refractivity contribution < 1.29 is 4.79 Å². The van der Waals surface area contributed by atoms with E-state index in [1.807, 2.05) is 12.1 Å². The second kappa shape index (κ2) is 8.22. The van der Waals surface area contributed by atoms with Gasteiger partial charge in [-0.1, -0.05) is 13.8 Å². The molecule has 6 heteroatoms. The van der Waals surface area contributed by atoms with Crippen LogP contribution in [0.1, 0.15) is 44.0 Å². The third-order valence-electron chi connectivity index (χ3n) is 4.56. The summed E-state index contributed by atoms with van der Waals surface area (Å²) in [5, 5.41) is 0. The smallest absolute Gasteiger partial charge is 0.163 e. The number of carbonyl (C=O) groups excluding carboxylic acids is 1. The molecule has 2 heterocycles. The van der Waals surface area contributed by atoms with E-state index in [0.29, 0.717) is 17.1 Å². The van der Waals surface area contributed by atoms with Crippen LogP contribution in [0.4, 0.5) is 5.82 Å². The lowest BCUT2D eigenvalue weighted by atomic mass is 10.0. The first kappa shape index (κ1) is 18.4. The van der Waals surface area contributed by atoms with Crippen molar-refractivity contribution in [2.24, 2.45) is 5.73 Å². The number of hydrogen-bond donors (Lipinski definition) is 1. The molecule has 1 saturated heterocycles. The topological polar surface area (TPSA) is 62.5 Å². The van der Waals surface area contributed by atoms with Crippen LogP contribution in [0.5, 0.6) is 0 Å². The van der Waals surface area contributed by atoms with Gasteiger partial charge in [-0.15, -0.1) is 0 Å². The number of rotatable bonds is 8. The molecular weight excluding hydrogens is 356 g/mol. The monoisotopic (exact) mass is 382 g/mol. The predicted octanol–water partition coefficient (Wildman–Crippen LogP) is 2.68. The fraction of sp³-hybridized carbons (Fsp3) is 0.647. The fourth-order valence-corrected chi connectivity index (χ4v) is 3.45. The minimum Gasteiger partial charge on any atom is -0.353 e. The van der Waals surface area contributed by atoms with Crippen LogP contribution in [-0.4, -0.2) is 53.9 Å². The van der Waals surface area contributed by atoms with Crippen LogP contribution in [-0.2, 0) is 0 Å². The Balaban J connectivity index is 1.99. The zero-order chi connectivity index (χ0) is 17.0. The Kier molecular flexibility index (Phi) is 6.56. The standard InChI is InChI=1S/C17H27BrN4O/c1-4-21(5-2)12(3)6-7-15(23)13-8-16(18)20-17(9-13)22-10-14(19)11-22/h8-9,12,14H,4-7,10-11,19H2,1-3H3/t12-/m0/s1. The Hall–Kier alpha value is -0.980. The minimum atomic E-state index is 0.179. The summed E-state index contributed by atoms with van der Waals surface area (Å²) in [6.07, 6.45) is 1.44. The number of pyridine rings is 1. The molecule has 23 heavy (non-hydrogen) atoms. The van der Waals surface area contributed by atoms with Crippen LogP contribution < -0.4 is 10.6 Å². The third kappa shape index (κ3) is 4.75. The highest BCUT2D eigenvalue weighted by Crippen LogP contribution is 2.23. The first-order chi connectivity index (χ1) is 10.9. The molecule has 0 spiro atoms. The van der Waals surface area contributed by atoms with Crippen molar-refractivity contribution in [3.63, 3.8) is 0 Å². The molecule has 1 aromatic heterocycles. The summed E-state index contributed by atoms with van der Waals surface area (Å²) in [5.74, 6) is 1.01. The maximum Gasteiger partial charge on any atom is 0.163 e. The molecule has 1 aliphatic rings. The number of nitrogens with zero attached hydrogens (tertiary/aromatic N) is 3. The molecule has 5 nitrogen and oxygen atoms in total. The Morgan fingerprint density at radius 3 is 2.65 bits per heavy atom. The van der Waals surface area contributed by atoms with Gasteiger partial charge in [0.25, 0.3) is 0 Å². The van der Waals surface area contributed by atoms with E-state index in [1.165, 1.54) is 0 Å². The quantitative estimate of drug-likeness (QED) is 0.553. The second-order valence-electron chi connectivity index (χ2n) is 6.23. The van der Waals surface area contributed by atoms with Crippen LogP contribution in [0.25, 0.3) is 0 Å². The van der Waals surface area contributed by atoms with Crippen molar-refractivity contribution in [2.75, 3.05) is 31.1 Å². The van der Waals surface area contributed by atoms with Gasteiger partial charge in [0.2, 0.25) is 0 Å². The van der Waals surface area contributed by atoms with Gasteiger partial charge in [-0.2, -0.15) is 0 Å². The van der Waals surface area contributed by atoms with Crippen molar-refractivity contribution >= 4 is 27.5 Å². The van der Waals surface area contributed by atoms with Crippen LogP contribution in [0.3, 0.4) is 0 Å². The number of aromatic nitrogens is 1. The predicted molar refractivity (Wildman–Crippen MR) is 98.1 cm³/mol. The SMILES string of the molecule is CCN(CC)[C@@H](C)CCC(=O)c1cc(Br)nc(N2CC(N)C2)c1. The lowest BCUT2D eigenvalue weighted by Gasteiger charge is -2.38. The largest absolute Gasteiger partial charge is 0.353 e. The molecule has 0 unspecified atom stereocenters. The number of ketones is 1. The molecule has 0 radical (unpaired) electrons. The summed E-state index contributed by atoms with van der Waals surface area (Å²) in [5.41, 5.74) is 6.56. The van der Waals surface area contributed by atoms with Crippen LogP contribution in [0.15, 0.2) is 16.7 Å². The van der Waals surface area contributed by atoms with Crippen molar-refractivity contribution in [3.05, 3.63) is 22.3 Å². The molecule has 1 atom stereocenters. The number of halogens is 1. The number of nitrogens with two attached hydrogens (primary N) is 1. The number of carbonyl (C=O) groups is 1. The molecule has 2 N–H and O–H groups in total. The molecule has 0 aliphatic carbocycles. The summed E-state index contributed by atoms with van der Waals surface area (Å²) < 4.78 is 0.704. The Labute approximate surface area is 147 Å². The average molecular weight is 383 g/mol. The van der Waals surface area contributed by atoms with Crippen molar-refractivity contribution in [2.45, 2.75) is 45.7 Å².